The van der Waals surface area contributed by atoms with E-state index in [2.05, 4.69) is 104 Å². The van der Waals surface area contributed by atoms with Gasteiger partial charge in [-0.2, -0.15) is 0 Å². The molecule has 0 saturated carbocycles. The Balaban J connectivity index is 3.44. The summed E-state index contributed by atoms with van der Waals surface area (Å²) < 4.78 is 0. The van der Waals surface area contributed by atoms with Crippen molar-refractivity contribution in [2.24, 2.45) is 0 Å². The maximum Gasteiger partial charge on any atom is 0.220 e. The van der Waals surface area contributed by atoms with Crippen LogP contribution in [0.1, 0.15) is 258 Å². The zero-order valence-electron chi connectivity index (χ0n) is 42.3. The van der Waals surface area contributed by atoms with Crippen LogP contribution in [0.4, 0.5) is 0 Å². The number of nitrogens with one attached hydrogen (secondary N) is 1. The van der Waals surface area contributed by atoms with E-state index in [1.54, 1.807) is 6.08 Å². The Kier molecular flexibility index (Phi) is 52.3. The van der Waals surface area contributed by atoms with Crippen molar-refractivity contribution in [3.8, 4) is 0 Å². The van der Waals surface area contributed by atoms with Crippen LogP contribution in [0.15, 0.2) is 97.2 Å². The molecule has 0 bridgehead atoms. The Labute approximate surface area is 398 Å². The molecular formula is C60H105NO3. The molecule has 0 aliphatic heterocycles. The molecule has 0 rings (SSSR count). The third kappa shape index (κ3) is 50.3. The van der Waals surface area contributed by atoms with Crippen LogP contribution in [0.3, 0.4) is 0 Å². The van der Waals surface area contributed by atoms with Crippen molar-refractivity contribution in [1.82, 2.24) is 5.32 Å². The van der Waals surface area contributed by atoms with Gasteiger partial charge in [-0.3, -0.25) is 4.79 Å². The van der Waals surface area contributed by atoms with Gasteiger partial charge in [-0.15, -0.1) is 0 Å². The number of hydrogen-bond donors (Lipinski definition) is 3. The Bertz CT molecular complexity index is 1190. The largest absolute Gasteiger partial charge is 0.394 e. The van der Waals surface area contributed by atoms with Crippen molar-refractivity contribution in [1.29, 1.82) is 0 Å². The third-order valence-electron chi connectivity index (χ3n) is 12.1. The average Bonchev–Trinajstić information content (AvgIpc) is 3.30. The second kappa shape index (κ2) is 54.6. The molecular weight excluding hydrogens is 783 g/mol. The molecule has 0 aliphatic rings. The minimum absolute atomic E-state index is 0.0749. The predicted molar refractivity (Wildman–Crippen MR) is 285 cm³/mol. The Morgan fingerprint density at radius 2 is 0.703 bits per heavy atom. The molecule has 0 aliphatic carbocycles. The summed E-state index contributed by atoms with van der Waals surface area (Å²) >= 11 is 0. The van der Waals surface area contributed by atoms with E-state index >= 15 is 0 Å². The van der Waals surface area contributed by atoms with Crippen LogP contribution in [-0.4, -0.2) is 34.9 Å². The fraction of sp³-hybridized carbons (Fsp3) is 0.717. The molecule has 0 heterocycles. The SMILES string of the molecule is CC/C=C\C/C=C\C/C=C\C/C=C\C/C=C\C/C=C\CCCCCCCCCCCCCCCCCCCCCCCCC(=O)NC(CO)C(O)/C=C/CC/C=C/CCCCCCC. The normalized spacial score (nSPS) is 13.6. The lowest BCUT2D eigenvalue weighted by atomic mass is 10.0. The molecule has 4 heteroatoms. The molecule has 0 aromatic rings. The van der Waals surface area contributed by atoms with Gasteiger partial charge < -0.3 is 15.5 Å². The fourth-order valence-corrected chi connectivity index (χ4v) is 7.90. The number of hydrogen-bond acceptors (Lipinski definition) is 3. The van der Waals surface area contributed by atoms with Crippen LogP contribution in [0.25, 0.3) is 0 Å². The van der Waals surface area contributed by atoms with Crippen LogP contribution in [0, 0.1) is 0 Å². The quantitative estimate of drug-likeness (QED) is 0.0421. The molecule has 0 aromatic carbocycles. The van der Waals surface area contributed by atoms with Gasteiger partial charge in [0.2, 0.25) is 5.91 Å². The number of allylic oxidation sites excluding steroid dienone is 15. The van der Waals surface area contributed by atoms with E-state index in [9.17, 15) is 15.0 Å². The Morgan fingerprint density at radius 3 is 1.09 bits per heavy atom. The molecule has 2 atom stereocenters. The van der Waals surface area contributed by atoms with E-state index < -0.39 is 12.1 Å². The maximum absolute atomic E-state index is 12.4. The highest BCUT2D eigenvalue weighted by Gasteiger charge is 2.17. The molecule has 4 nitrogen and oxygen atoms in total. The standard InChI is InChI=1S/C60H105NO3/c1-3-5-7-9-11-13-15-16-17-18-19-20-21-22-23-24-25-26-27-28-29-30-31-32-33-34-35-36-37-38-39-40-41-42-43-44-46-48-50-52-54-56-60(64)61-58(57-62)59(63)55-53-51-49-47-45-14-12-10-8-6-4-2/h5,7,11,13,16-17,19-20,22-23,25-26,45,47,53,55,58-59,62-63H,3-4,6,8-10,12,14-15,18,21,24,27-44,46,48-52,54,56-57H2,1-2H3,(H,61,64)/b7-5-,13-11-,17-16-,20-19-,23-22-,26-25-,47-45+,55-53+. The summed E-state index contributed by atoms with van der Waals surface area (Å²) in [7, 11) is 0. The van der Waals surface area contributed by atoms with Crippen molar-refractivity contribution in [2.45, 2.75) is 270 Å². The number of unbranched alkanes of at least 4 members (excludes halogenated alkanes) is 28. The van der Waals surface area contributed by atoms with Crippen molar-refractivity contribution in [2.75, 3.05) is 6.61 Å². The number of amides is 1. The first-order valence-electron chi connectivity index (χ1n) is 27.5. The van der Waals surface area contributed by atoms with Crippen molar-refractivity contribution in [3.63, 3.8) is 0 Å². The first-order chi connectivity index (χ1) is 31.7. The number of carbonyl (C=O) groups excluding carboxylic acids is 1. The Hall–Kier alpha value is -2.69. The molecule has 2 unspecified atom stereocenters. The lowest BCUT2D eigenvalue weighted by Crippen LogP contribution is -2.45. The molecule has 0 aromatic heterocycles. The lowest BCUT2D eigenvalue weighted by Gasteiger charge is -2.19. The summed E-state index contributed by atoms with van der Waals surface area (Å²) in [4.78, 5) is 12.4. The van der Waals surface area contributed by atoms with Gasteiger partial charge in [-0.25, -0.2) is 0 Å². The molecule has 0 saturated heterocycles. The Morgan fingerprint density at radius 1 is 0.391 bits per heavy atom. The van der Waals surface area contributed by atoms with E-state index in [0.29, 0.717) is 6.42 Å². The van der Waals surface area contributed by atoms with Crippen LogP contribution >= 0.6 is 0 Å². The highest BCUT2D eigenvalue weighted by atomic mass is 16.3. The van der Waals surface area contributed by atoms with E-state index in [-0.39, 0.29) is 12.5 Å². The summed E-state index contributed by atoms with van der Waals surface area (Å²) in [6.45, 7) is 4.16. The van der Waals surface area contributed by atoms with Gasteiger partial charge in [0.05, 0.1) is 18.8 Å². The summed E-state index contributed by atoms with van der Waals surface area (Å²) in [6.07, 6.45) is 81.5. The zero-order chi connectivity index (χ0) is 46.3. The van der Waals surface area contributed by atoms with Crippen LogP contribution in [-0.2, 0) is 4.79 Å². The summed E-state index contributed by atoms with van der Waals surface area (Å²) in [5.41, 5.74) is 0. The number of rotatable bonds is 49. The van der Waals surface area contributed by atoms with Crippen molar-refractivity contribution < 1.29 is 15.0 Å². The zero-order valence-corrected chi connectivity index (χ0v) is 42.3. The molecule has 0 spiro atoms. The van der Waals surface area contributed by atoms with E-state index in [4.69, 9.17) is 0 Å². The van der Waals surface area contributed by atoms with E-state index in [1.165, 1.54) is 167 Å². The second-order valence-corrected chi connectivity index (χ2v) is 18.3. The predicted octanol–water partition coefficient (Wildman–Crippen LogP) is 18.1. The van der Waals surface area contributed by atoms with E-state index in [0.717, 1.165) is 70.6 Å². The maximum atomic E-state index is 12.4. The number of aliphatic hydroxyl groups excluding tert-OH is 2. The van der Waals surface area contributed by atoms with Gasteiger partial charge in [0.25, 0.3) is 0 Å². The third-order valence-corrected chi connectivity index (χ3v) is 12.1. The monoisotopic (exact) mass is 888 g/mol. The van der Waals surface area contributed by atoms with Gasteiger partial charge >= 0.3 is 0 Å². The van der Waals surface area contributed by atoms with Crippen molar-refractivity contribution in [3.05, 3.63) is 97.2 Å². The van der Waals surface area contributed by atoms with Crippen molar-refractivity contribution >= 4 is 5.91 Å². The summed E-state index contributed by atoms with van der Waals surface area (Å²) in [5.74, 6) is -0.0749. The van der Waals surface area contributed by atoms with Gasteiger partial charge in [0.1, 0.15) is 0 Å². The van der Waals surface area contributed by atoms with Gasteiger partial charge in [-0.05, 0) is 83.5 Å². The molecule has 368 valence electrons. The smallest absolute Gasteiger partial charge is 0.220 e. The fourth-order valence-electron chi connectivity index (χ4n) is 7.90. The first-order valence-corrected chi connectivity index (χ1v) is 27.5. The van der Waals surface area contributed by atoms with Gasteiger partial charge in [0.15, 0.2) is 0 Å². The lowest BCUT2D eigenvalue weighted by molar-refractivity contribution is -0.123. The molecule has 3 N–H and O–H groups in total. The summed E-state index contributed by atoms with van der Waals surface area (Å²) in [5, 5.41) is 23.0. The average molecular weight is 889 g/mol. The molecule has 64 heavy (non-hydrogen) atoms. The minimum atomic E-state index is -0.862. The van der Waals surface area contributed by atoms with Crippen LogP contribution in [0.5, 0.6) is 0 Å². The van der Waals surface area contributed by atoms with E-state index in [1.807, 2.05) is 6.08 Å². The topological polar surface area (TPSA) is 69.6 Å². The molecule has 0 fully saturated rings. The highest BCUT2D eigenvalue weighted by Crippen LogP contribution is 2.16. The van der Waals surface area contributed by atoms with Crippen LogP contribution < -0.4 is 5.32 Å². The highest BCUT2D eigenvalue weighted by molar-refractivity contribution is 5.76. The first kappa shape index (κ1) is 61.3. The van der Waals surface area contributed by atoms with Gasteiger partial charge in [0, 0.05) is 6.42 Å². The van der Waals surface area contributed by atoms with Crippen LogP contribution in [0.2, 0.25) is 0 Å². The summed E-state index contributed by atoms with van der Waals surface area (Å²) in [6, 6.07) is -0.639. The molecule has 1 amide bonds. The van der Waals surface area contributed by atoms with Gasteiger partial charge in [-0.1, -0.05) is 265 Å². The minimum Gasteiger partial charge on any atom is -0.394 e. The second-order valence-electron chi connectivity index (χ2n) is 18.3. The number of aliphatic hydroxyl groups is 2. The number of carbonyl (C=O) groups is 1. The molecule has 0 radical (unpaired) electrons.